The number of fused-ring (bicyclic) bond motifs is 18. The highest BCUT2D eigenvalue weighted by Crippen LogP contribution is 2.45. The number of aromatic nitrogens is 6. The fraction of sp³-hybridized carbons (Fsp3) is 0. The second kappa shape index (κ2) is 25.2. The molecule has 6 heteroatoms. The molecule has 24 aromatic rings. The van der Waals surface area contributed by atoms with Gasteiger partial charge in [0.15, 0.2) is 0 Å². The van der Waals surface area contributed by atoms with Gasteiger partial charge in [-0.2, -0.15) is 0 Å². The Morgan fingerprint density at radius 3 is 0.544 bits per heavy atom. The molecule has 0 spiro atoms. The summed E-state index contributed by atoms with van der Waals surface area (Å²) in [6, 6.07) is 153. The molecule has 0 bridgehead atoms. The van der Waals surface area contributed by atoms with Crippen molar-refractivity contribution in [1.29, 1.82) is 0 Å². The quantitative estimate of drug-likeness (QED) is 0.124. The summed E-state index contributed by atoms with van der Waals surface area (Å²) >= 11 is 0. The average Bonchev–Trinajstić information content (AvgIpc) is 1.61. The van der Waals surface area contributed by atoms with Gasteiger partial charge in [0.2, 0.25) is 0 Å². The van der Waals surface area contributed by atoms with Crippen LogP contribution in [0.3, 0.4) is 0 Å². The molecule has 0 saturated carbocycles. The van der Waals surface area contributed by atoms with Crippen molar-refractivity contribution in [3.8, 4) is 89.8 Å². The lowest BCUT2D eigenvalue weighted by molar-refractivity contribution is 1.13. The second-order valence-corrected chi connectivity index (χ2v) is 30.4. The summed E-state index contributed by atoms with van der Waals surface area (Å²) in [5, 5.41) is 14.8. The van der Waals surface area contributed by atoms with Crippen molar-refractivity contribution in [1.82, 2.24) is 27.4 Å². The average molecular weight is 1450 g/mol. The molecule has 0 saturated heterocycles. The molecular weight excluding hydrogens is 1380 g/mol. The molecule has 114 heavy (non-hydrogen) atoms. The standard InChI is InChI=1S/C108H68N6/c1-2-28-79(29-3-1)109-99-44-13-6-37-87(99)92-62-74(49-54-104(92)109)69-23-18-25-71(59-69)76-51-56-106-94(64-76)89-39-8-15-46-101(89)113(106)83-33-22-34-84(68-83)114-102-47-16-9-40-90(102)95-65-77(52-57-107(95)114)72-26-19-24-70(60-72)75-50-55-105-93(63-75)88-38-7-14-45-100(88)110(105)80-30-20-27-73(61-80)78-53-58-108-96(66-78)91-41-10-17-48-103(91)112(108)82-32-21-31-81(67-82)111-97-42-11-4-35-85(97)86-36-5-12-43-98(86)111/h1-68H. The summed E-state index contributed by atoms with van der Waals surface area (Å²) < 4.78 is 14.6. The van der Waals surface area contributed by atoms with Gasteiger partial charge in [0.05, 0.1) is 66.2 Å². The predicted molar refractivity (Wildman–Crippen MR) is 480 cm³/mol. The van der Waals surface area contributed by atoms with E-state index in [1.165, 1.54) is 170 Å². The maximum absolute atomic E-state index is 2.45. The Morgan fingerprint density at radius 2 is 0.272 bits per heavy atom. The van der Waals surface area contributed by atoms with Gasteiger partial charge in [-0.3, -0.25) is 0 Å². The Labute approximate surface area is 656 Å². The van der Waals surface area contributed by atoms with E-state index in [2.05, 4.69) is 440 Å². The lowest BCUT2D eigenvalue weighted by Gasteiger charge is -2.13. The maximum atomic E-state index is 2.45. The van der Waals surface area contributed by atoms with E-state index in [4.69, 9.17) is 0 Å². The van der Waals surface area contributed by atoms with Crippen LogP contribution in [0.2, 0.25) is 0 Å². The molecular formula is C108H68N6. The summed E-state index contributed by atoms with van der Waals surface area (Å²) in [7, 11) is 0. The second-order valence-electron chi connectivity index (χ2n) is 30.4. The van der Waals surface area contributed by atoms with Crippen LogP contribution in [0, 0.1) is 0 Å². The summed E-state index contributed by atoms with van der Waals surface area (Å²) in [6.45, 7) is 0. The fourth-order valence-electron chi connectivity index (χ4n) is 19.1. The van der Waals surface area contributed by atoms with Crippen molar-refractivity contribution in [2.24, 2.45) is 0 Å². The first-order valence-corrected chi connectivity index (χ1v) is 39.3. The zero-order valence-corrected chi connectivity index (χ0v) is 61.9. The van der Waals surface area contributed by atoms with E-state index in [0.29, 0.717) is 0 Å². The predicted octanol–water partition coefficient (Wildman–Crippen LogP) is 28.6. The molecule has 0 unspecified atom stereocenters. The van der Waals surface area contributed by atoms with Crippen molar-refractivity contribution in [3.63, 3.8) is 0 Å². The number of hydrogen-bond acceptors (Lipinski definition) is 0. The van der Waals surface area contributed by atoms with Crippen LogP contribution in [-0.2, 0) is 0 Å². The smallest absolute Gasteiger partial charge is 0.0541 e. The molecule has 530 valence electrons. The zero-order chi connectivity index (χ0) is 74.6. The van der Waals surface area contributed by atoms with Crippen LogP contribution in [-0.4, -0.2) is 27.4 Å². The van der Waals surface area contributed by atoms with Crippen LogP contribution >= 0.6 is 0 Å². The van der Waals surface area contributed by atoms with Crippen molar-refractivity contribution in [2.45, 2.75) is 0 Å². The Balaban J connectivity index is 0.539. The highest BCUT2D eigenvalue weighted by atomic mass is 15.0. The maximum Gasteiger partial charge on any atom is 0.0541 e. The van der Waals surface area contributed by atoms with E-state index >= 15 is 0 Å². The van der Waals surface area contributed by atoms with E-state index in [9.17, 15) is 0 Å². The molecule has 0 amide bonds. The van der Waals surface area contributed by atoms with Gasteiger partial charge >= 0.3 is 0 Å². The van der Waals surface area contributed by atoms with Crippen molar-refractivity contribution in [3.05, 3.63) is 413 Å². The molecule has 24 rings (SSSR count). The van der Waals surface area contributed by atoms with E-state index in [1.807, 2.05) is 0 Å². The molecule has 6 nitrogen and oxygen atoms in total. The van der Waals surface area contributed by atoms with Crippen LogP contribution in [0.25, 0.3) is 221 Å². The number of hydrogen-bond donors (Lipinski definition) is 0. The van der Waals surface area contributed by atoms with Crippen LogP contribution in [0.15, 0.2) is 413 Å². The minimum absolute atomic E-state index is 1.10. The molecule has 0 fully saturated rings. The Kier molecular flexibility index (Phi) is 14.0. The van der Waals surface area contributed by atoms with Gasteiger partial charge in [0.25, 0.3) is 0 Å². The lowest BCUT2D eigenvalue weighted by Crippen LogP contribution is -1.98. The van der Waals surface area contributed by atoms with Gasteiger partial charge in [-0.25, -0.2) is 0 Å². The summed E-state index contributed by atoms with van der Waals surface area (Å²) in [5.74, 6) is 0. The van der Waals surface area contributed by atoms with Crippen molar-refractivity contribution in [2.75, 3.05) is 0 Å². The number of rotatable bonds is 11. The largest absolute Gasteiger partial charge is 0.309 e. The van der Waals surface area contributed by atoms with Gasteiger partial charge in [0.1, 0.15) is 0 Å². The number of nitrogens with zero attached hydrogens (tertiary/aromatic N) is 6. The SMILES string of the molecule is c1ccc(-n2c3ccccc3c3cc(-c4cccc(-c5ccc6c(c5)c5ccccc5n6-c5cccc(-n6c7ccccc7c7cc(-c8cccc(-c9ccc%10c(c9)c9ccccc9n%10-c9cccc(-c%10ccc%11c(c%10)c%10ccccc%10n%11-c%10cccc(-n%11c%12ccccc%12c%12ccccc%12%11)c%10)c9)c8)ccc76)c5)c4)ccc32)cc1. The molecule has 0 aliphatic heterocycles. The third-order valence-corrected chi connectivity index (χ3v) is 24.1. The molecule has 0 atom stereocenters. The minimum atomic E-state index is 1.10. The first kappa shape index (κ1) is 63.7. The zero-order valence-electron chi connectivity index (χ0n) is 61.9. The first-order chi connectivity index (χ1) is 56.5. The number of para-hydroxylation sites is 8. The molecule has 0 aliphatic rings. The molecule has 6 heterocycles. The third kappa shape index (κ3) is 9.81. The van der Waals surface area contributed by atoms with Gasteiger partial charge in [-0.15, -0.1) is 0 Å². The van der Waals surface area contributed by atoms with Gasteiger partial charge in [-0.05, 0) is 232 Å². The van der Waals surface area contributed by atoms with Crippen LogP contribution in [0.4, 0.5) is 0 Å². The first-order valence-electron chi connectivity index (χ1n) is 39.3. The fourth-order valence-corrected chi connectivity index (χ4v) is 19.1. The highest BCUT2D eigenvalue weighted by molar-refractivity contribution is 6.16. The monoisotopic (exact) mass is 1450 g/mol. The molecule has 0 N–H and O–H groups in total. The Bertz CT molecular complexity index is 8070. The Hall–Kier alpha value is -15.2. The highest BCUT2D eigenvalue weighted by Gasteiger charge is 2.23. The van der Waals surface area contributed by atoms with E-state index in [0.717, 1.165) is 50.7 Å². The van der Waals surface area contributed by atoms with Crippen LogP contribution in [0.5, 0.6) is 0 Å². The molecule has 6 aromatic heterocycles. The van der Waals surface area contributed by atoms with Crippen LogP contribution < -0.4 is 0 Å². The Morgan fingerprint density at radius 1 is 0.0965 bits per heavy atom. The van der Waals surface area contributed by atoms with Crippen molar-refractivity contribution < 1.29 is 0 Å². The normalized spacial score (nSPS) is 12.0. The minimum Gasteiger partial charge on any atom is -0.309 e. The molecule has 0 aliphatic carbocycles. The topological polar surface area (TPSA) is 29.6 Å². The van der Waals surface area contributed by atoms with Gasteiger partial charge in [0, 0.05) is 98.8 Å². The van der Waals surface area contributed by atoms with E-state index in [-0.39, 0.29) is 0 Å². The number of benzene rings is 18. The van der Waals surface area contributed by atoms with Crippen LogP contribution in [0.1, 0.15) is 0 Å². The van der Waals surface area contributed by atoms with E-state index in [1.54, 1.807) is 0 Å². The molecule has 18 aromatic carbocycles. The van der Waals surface area contributed by atoms with E-state index < -0.39 is 0 Å². The van der Waals surface area contributed by atoms with Crippen molar-refractivity contribution >= 4 is 131 Å². The third-order valence-electron chi connectivity index (χ3n) is 24.1. The molecule has 0 radical (unpaired) electrons. The lowest BCUT2D eigenvalue weighted by atomic mass is 9.97. The van der Waals surface area contributed by atoms with Gasteiger partial charge in [-0.1, -0.05) is 237 Å². The van der Waals surface area contributed by atoms with Gasteiger partial charge < -0.3 is 27.4 Å². The summed E-state index contributed by atoms with van der Waals surface area (Å²) in [5.41, 5.74) is 32.7. The summed E-state index contributed by atoms with van der Waals surface area (Å²) in [4.78, 5) is 0. The summed E-state index contributed by atoms with van der Waals surface area (Å²) in [6.07, 6.45) is 0.